The summed E-state index contributed by atoms with van der Waals surface area (Å²) in [6, 6.07) is 13.0. The minimum atomic E-state index is -0.623. The van der Waals surface area contributed by atoms with Crippen LogP contribution in [0.1, 0.15) is 15.9 Å². The molecular weight excluding hydrogens is 380 g/mol. The summed E-state index contributed by atoms with van der Waals surface area (Å²) < 4.78 is 0.203. The molecule has 0 aliphatic carbocycles. The minimum absolute atomic E-state index is 0.0539. The van der Waals surface area contributed by atoms with E-state index < -0.39 is 11.8 Å². The van der Waals surface area contributed by atoms with E-state index in [1.165, 1.54) is 12.1 Å². The van der Waals surface area contributed by atoms with Gasteiger partial charge in [0.1, 0.15) is 5.75 Å². The van der Waals surface area contributed by atoms with Crippen molar-refractivity contribution in [3.8, 4) is 5.75 Å². The van der Waals surface area contributed by atoms with Crippen LogP contribution in [0.4, 0.5) is 0 Å². The Balaban J connectivity index is 1.79. The van der Waals surface area contributed by atoms with Crippen LogP contribution in [-0.2, 0) is 4.79 Å². The summed E-state index contributed by atoms with van der Waals surface area (Å²) in [5.74, 6) is -1.24. The Labute approximate surface area is 158 Å². The molecule has 1 aliphatic rings. The van der Waals surface area contributed by atoms with Crippen LogP contribution in [0.2, 0.25) is 5.02 Å². The summed E-state index contributed by atoms with van der Waals surface area (Å²) in [5, 5.41) is 11.3. The number of hydrogen-bond acceptors (Lipinski definition) is 5. The van der Waals surface area contributed by atoms with Gasteiger partial charge in [-0.05, 0) is 48.1 Å². The molecule has 25 heavy (non-hydrogen) atoms. The Bertz CT molecular complexity index is 897. The molecule has 0 atom stereocenters. The van der Waals surface area contributed by atoms with Crippen molar-refractivity contribution in [1.29, 1.82) is 0 Å². The van der Waals surface area contributed by atoms with Gasteiger partial charge < -0.3 is 5.11 Å². The lowest BCUT2D eigenvalue weighted by Crippen LogP contribution is -2.44. The normalized spacial score (nSPS) is 15.7. The zero-order chi connectivity index (χ0) is 18.0. The van der Waals surface area contributed by atoms with Crippen LogP contribution in [-0.4, -0.2) is 26.3 Å². The Kier molecular flexibility index (Phi) is 5.08. The summed E-state index contributed by atoms with van der Waals surface area (Å²) in [6.07, 6.45) is 1.67. The van der Waals surface area contributed by atoms with Crippen LogP contribution in [0.25, 0.3) is 6.08 Å². The number of thiocarbonyl (C=S) groups is 1. The van der Waals surface area contributed by atoms with E-state index in [0.29, 0.717) is 9.93 Å². The van der Waals surface area contributed by atoms with Crippen molar-refractivity contribution >= 4 is 57.8 Å². The third-order valence-electron chi connectivity index (χ3n) is 3.32. The average molecular weight is 391 g/mol. The van der Waals surface area contributed by atoms with E-state index in [0.717, 1.165) is 22.3 Å². The summed E-state index contributed by atoms with van der Waals surface area (Å²) in [6.45, 7) is 0. The monoisotopic (exact) mass is 390 g/mol. The average Bonchev–Trinajstić information content (AvgIpc) is 2.85. The van der Waals surface area contributed by atoms with E-state index in [1.54, 1.807) is 42.5 Å². The van der Waals surface area contributed by atoms with Gasteiger partial charge in [0.15, 0.2) is 4.32 Å². The number of hydrazine groups is 1. The molecule has 2 N–H and O–H groups in total. The van der Waals surface area contributed by atoms with Gasteiger partial charge in [-0.25, -0.2) is 0 Å². The van der Waals surface area contributed by atoms with Gasteiger partial charge in [-0.15, -0.1) is 0 Å². The molecule has 8 heteroatoms. The van der Waals surface area contributed by atoms with Gasteiger partial charge in [-0.3, -0.25) is 15.0 Å². The maximum absolute atomic E-state index is 12.5. The molecule has 0 unspecified atom stereocenters. The first-order valence-corrected chi connectivity index (χ1v) is 8.68. The molecule has 3 rings (SSSR count). The number of hydrogen-bond donors (Lipinski definition) is 2. The fourth-order valence-corrected chi connectivity index (χ4v) is 3.41. The second-order valence-corrected chi connectivity index (χ2v) is 7.14. The van der Waals surface area contributed by atoms with E-state index in [-0.39, 0.29) is 15.6 Å². The minimum Gasteiger partial charge on any atom is -0.507 e. The molecule has 1 saturated heterocycles. The zero-order valence-electron chi connectivity index (χ0n) is 12.6. The van der Waals surface area contributed by atoms with Crippen molar-refractivity contribution in [2.24, 2.45) is 0 Å². The van der Waals surface area contributed by atoms with Crippen molar-refractivity contribution < 1.29 is 14.7 Å². The van der Waals surface area contributed by atoms with Crippen molar-refractivity contribution in [3.63, 3.8) is 0 Å². The second-order valence-electron chi connectivity index (χ2n) is 5.03. The van der Waals surface area contributed by atoms with Crippen LogP contribution < -0.4 is 5.43 Å². The first kappa shape index (κ1) is 17.5. The maximum atomic E-state index is 12.5. The summed E-state index contributed by atoms with van der Waals surface area (Å²) in [7, 11) is 0. The lowest BCUT2D eigenvalue weighted by atomic mass is 10.2. The number of para-hydroxylation sites is 1. The molecule has 1 aliphatic heterocycles. The first-order chi connectivity index (χ1) is 12.0. The highest BCUT2D eigenvalue weighted by atomic mass is 35.5. The summed E-state index contributed by atoms with van der Waals surface area (Å²) in [5.41, 5.74) is 3.26. The lowest BCUT2D eigenvalue weighted by molar-refractivity contribution is -0.123. The molecule has 1 heterocycles. The topological polar surface area (TPSA) is 69.6 Å². The number of halogens is 1. The van der Waals surface area contributed by atoms with Crippen LogP contribution in [0, 0.1) is 0 Å². The standard InChI is InChI=1S/C17H11ClN2O3S2/c18-11-7-5-10(6-8-11)9-14-16(23)20(17(24)25-14)19-15(22)12-3-1-2-4-13(12)21/h1-9,21H,(H,19,22)/b14-9+. The number of benzene rings is 2. The Morgan fingerprint density at radius 1 is 1.20 bits per heavy atom. The van der Waals surface area contributed by atoms with Gasteiger partial charge in [-0.1, -0.05) is 47.6 Å². The molecule has 126 valence electrons. The van der Waals surface area contributed by atoms with E-state index in [1.807, 2.05) is 0 Å². The Morgan fingerprint density at radius 3 is 2.56 bits per heavy atom. The quantitative estimate of drug-likeness (QED) is 0.619. The van der Waals surface area contributed by atoms with Crippen LogP contribution >= 0.6 is 35.6 Å². The van der Waals surface area contributed by atoms with Gasteiger partial charge in [0.25, 0.3) is 11.8 Å². The smallest absolute Gasteiger partial charge is 0.285 e. The number of rotatable bonds is 3. The van der Waals surface area contributed by atoms with Gasteiger partial charge in [0.05, 0.1) is 10.5 Å². The molecule has 2 aromatic rings. The summed E-state index contributed by atoms with van der Waals surface area (Å²) >= 11 is 12.1. The number of thioether (sulfide) groups is 1. The van der Waals surface area contributed by atoms with E-state index in [9.17, 15) is 14.7 Å². The van der Waals surface area contributed by atoms with Crippen molar-refractivity contribution in [2.45, 2.75) is 0 Å². The number of carbonyl (C=O) groups excluding carboxylic acids is 2. The van der Waals surface area contributed by atoms with Gasteiger partial charge in [0.2, 0.25) is 0 Å². The highest BCUT2D eigenvalue weighted by Crippen LogP contribution is 2.31. The predicted octanol–water partition coefficient (Wildman–Crippen LogP) is 3.59. The first-order valence-electron chi connectivity index (χ1n) is 7.08. The lowest BCUT2D eigenvalue weighted by Gasteiger charge is -2.16. The molecule has 2 amide bonds. The molecule has 0 bridgehead atoms. The number of nitrogens with zero attached hydrogens (tertiary/aromatic N) is 1. The molecule has 2 aromatic carbocycles. The number of aromatic hydroxyl groups is 1. The number of phenols is 1. The van der Waals surface area contributed by atoms with Crippen LogP contribution in [0.15, 0.2) is 53.4 Å². The third kappa shape index (κ3) is 3.84. The molecule has 5 nitrogen and oxygen atoms in total. The number of amides is 2. The largest absolute Gasteiger partial charge is 0.507 e. The van der Waals surface area contributed by atoms with E-state index in [4.69, 9.17) is 23.8 Å². The van der Waals surface area contributed by atoms with E-state index >= 15 is 0 Å². The number of phenolic OH excluding ortho intramolecular Hbond substituents is 1. The molecule has 0 radical (unpaired) electrons. The zero-order valence-corrected chi connectivity index (χ0v) is 15.0. The van der Waals surface area contributed by atoms with Gasteiger partial charge >= 0.3 is 0 Å². The van der Waals surface area contributed by atoms with Gasteiger partial charge in [-0.2, -0.15) is 5.01 Å². The second kappa shape index (κ2) is 7.26. The SMILES string of the molecule is O=C(NN1C(=O)/C(=C\c2ccc(Cl)cc2)SC1=S)c1ccccc1O. The summed E-state index contributed by atoms with van der Waals surface area (Å²) in [4.78, 5) is 25.1. The fourth-order valence-electron chi connectivity index (χ4n) is 2.10. The van der Waals surface area contributed by atoms with Crippen molar-refractivity contribution in [3.05, 3.63) is 69.6 Å². The third-order valence-corrected chi connectivity index (χ3v) is 4.88. The highest BCUT2D eigenvalue weighted by Gasteiger charge is 2.34. The molecule has 0 saturated carbocycles. The van der Waals surface area contributed by atoms with Crippen LogP contribution in [0.5, 0.6) is 5.75 Å². The Morgan fingerprint density at radius 2 is 1.88 bits per heavy atom. The number of carbonyl (C=O) groups is 2. The molecule has 1 fully saturated rings. The van der Waals surface area contributed by atoms with Crippen molar-refractivity contribution in [1.82, 2.24) is 10.4 Å². The predicted molar refractivity (Wildman–Crippen MR) is 102 cm³/mol. The van der Waals surface area contributed by atoms with Crippen LogP contribution in [0.3, 0.4) is 0 Å². The maximum Gasteiger partial charge on any atom is 0.285 e. The van der Waals surface area contributed by atoms with E-state index in [2.05, 4.69) is 5.43 Å². The number of nitrogens with one attached hydrogen (secondary N) is 1. The molecule has 0 spiro atoms. The molecule has 0 aromatic heterocycles. The molecular formula is C17H11ClN2O3S2. The fraction of sp³-hybridized carbons (Fsp3) is 0. The van der Waals surface area contributed by atoms with Gasteiger partial charge in [0, 0.05) is 5.02 Å². The Hall–Kier alpha value is -2.35. The van der Waals surface area contributed by atoms with Crippen molar-refractivity contribution in [2.75, 3.05) is 0 Å². The highest BCUT2D eigenvalue weighted by molar-refractivity contribution is 8.26.